The highest BCUT2D eigenvalue weighted by Gasteiger charge is 2.21. The van der Waals surface area contributed by atoms with Gasteiger partial charge < -0.3 is 26.0 Å². The van der Waals surface area contributed by atoms with E-state index in [1.165, 1.54) is 6.07 Å². The number of amides is 1. The van der Waals surface area contributed by atoms with Crippen LogP contribution in [-0.2, 0) is 19.6 Å². The quantitative estimate of drug-likeness (QED) is 0.299. The Labute approximate surface area is 205 Å². The molecule has 1 amide bonds. The zero-order chi connectivity index (χ0) is 24.7. The number of aliphatic hydroxyl groups is 2. The lowest BCUT2D eigenvalue weighted by Crippen LogP contribution is -2.43. The lowest BCUT2D eigenvalue weighted by atomic mass is 9.93. The van der Waals surface area contributed by atoms with Crippen LogP contribution in [0.5, 0.6) is 5.75 Å². The van der Waals surface area contributed by atoms with Crippen LogP contribution in [-0.4, -0.2) is 33.3 Å². The molecule has 0 aliphatic carbocycles. The third kappa shape index (κ3) is 7.05. The topological polar surface area (TPSA) is 102 Å². The molecule has 0 fully saturated rings. The highest BCUT2D eigenvalue weighted by molar-refractivity contribution is 6.31. The standard InChI is InChI=1S/C27H31ClN2O4/c1-27(2,30-16-25(33)19-10-11-24(32)22(13-19)17-31)14-18-6-5-8-20(12-18)26(34)29-15-21-7-3-4-9-23(21)28/h3-13,25,30-33H,14-17H2,1-2H3,(H,29,34)/t25-/m1/s1. The fraction of sp³-hybridized carbons (Fsp3) is 0.296. The number of carbonyl (C=O) groups is 1. The molecule has 0 spiro atoms. The molecule has 0 radical (unpaired) electrons. The van der Waals surface area contributed by atoms with Gasteiger partial charge in [0.2, 0.25) is 0 Å². The molecule has 3 aromatic rings. The number of halogens is 1. The van der Waals surface area contributed by atoms with Gasteiger partial charge in [-0.15, -0.1) is 0 Å². The Bertz CT molecular complexity index is 1130. The largest absolute Gasteiger partial charge is 0.508 e. The maximum Gasteiger partial charge on any atom is 0.251 e. The van der Waals surface area contributed by atoms with Crippen molar-refractivity contribution in [2.24, 2.45) is 0 Å². The van der Waals surface area contributed by atoms with Crippen LogP contribution < -0.4 is 10.6 Å². The van der Waals surface area contributed by atoms with Crippen molar-refractivity contribution in [2.45, 2.75) is 45.1 Å². The number of benzene rings is 3. The van der Waals surface area contributed by atoms with Crippen LogP contribution >= 0.6 is 11.6 Å². The van der Waals surface area contributed by atoms with Gasteiger partial charge in [0.05, 0.1) is 12.7 Å². The predicted molar refractivity (Wildman–Crippen MR) is 134 cm³/mol. The second-order valence-corrected chi connectivity index (χ2v) is 9.39. The van der Waals surface area contributed by atoms with Crippen LogP contribution in [0.1, 0.15) is 52.6 Å². The SMILES string of the molecule is CC(C)(Cc1cccc(C(=O)NCc2ccccc2Cl)c1)NC[C@@H](O)c1ccc(O)c(CO)c1. The van der Waals surface area contributed by atoms with E-state index in [9.17, 15) is 20.1 Å². The first-order valence-corrected chi connectivity index (χ1v) is 11.5. The Morgan fingerprint density at radius 2 is 1.79 bits per heavy atom. The van der Waals surface area contributed by atoms with Crippen LogP contribution in [0.3, 0.4) is 0 Å². The summed E-state index contributed by atoms with van der Waals surface area (Å²) >= 11 is 6.17. The Hall–Kier alpha value is -2.90. The number of rotatable bonds is 10. The van der Waals surface area contributed by atoms with Crippen molar-refractivity contribution >= 4 is 17.5 Å². The summed E-state index contributed by atoms with van der Waals surface area (Å²) in [5.41, 5.74) is 3.05. The first-order valence-electron chi connectivity index (χ1n) is 11.1. The smallest absolute Gasteiger partial charge is 0.251 e. The van der Waals surface area contributed by atoms with E-state index in [0.717, 1.165) is 11.1 Å². The molecule has 0 unspecified atom stereocenters. The highest BCUT2D eigenvalue weighted by atomic mass is 35.5. The molecule has 34 heavy (non-hydrogen) atoms. The molecule has 180 valence electrons. The van der Waals surface area contributed by atoms with Crippen LogP contribution in [0.15, 0.2) is 66.7 Å². The number of carbonyl (C=O) groups excluding carboxylic acids is 1. The van der Waals surface area contributed by atoms with Gasteiger partial charge in [0.15, 0.2) is 0 Å². The molecule has 3 aromatic carbocycles. The molecule has 5 N–H and O–H groups in total. The van der Waals surface area contributed by atoms with E-state index in [1.54, 1.807) is 24.3 Å². The second-order valence-electron chi connectivity index (χ2n) is 8.98. The van der Waals surface area contributed by atoms with Crippen LogP contribution in [0.2, 0.25) is 5.02 Å². The van der Waals surface area contributed by atoms with E-state index in [-0.39, 0.29) is 23.8 Å². The van der Waals surface area contributed by atoms with Crippen molar-refractivity contribution in [3.8, 4) is 5.75 Å². The molecular weight excluding hydrogens is 452 g/mol. The van der Waals surface area contributed by atoms with Gasteiger partial charge in [-0.25, -0.2) is 0 Å². The van der Waals surface area contributed by atoms with Crippen molar-refractivity contribution in [1.82, 2.24) is 10.6 Å². The molecule has 0 bridgehead atoms. The van der Waals surface area contributed by atoms with Crippen molar-refractivity contribution < 1.29 is 20.1 Å². The number of β-amino-alcohol motifs (C(OH)–C–C–N with tert-alkyl or cyclic N) is 1. The summed E-state index contributed by atoms with van der Waals surface area (Å²) in [7, 11) is 0. The van der Waals surface area contributed by atoms with Gasteiger partial charge in [-0.1, -0.05) is 48.0 Å². The lowest BCUT2D eigenvalue weighted by Gasteiger charge is -2.28. The second kappa shape index (κ2) is 11.5. The number of phenols is 1. The van der Waals surface area contributed by atoms with Crippen molar-refractivity contribution in [3.63, 3.8) is 0 Å². The summed E-state index contributed by atoms with van der Waals surface area (Å²) in [5, 5.41) is 36.5. The summed E-state index contributed by atoms with van der Waals surface area (Å²) in [5.74, 6) is -0.169. The molecule has 0 saturated carbocycles. The molecule has 1 atom stereocenters. The third-order valence-corrected chi connectivity index (χ3v) is 6.03. The average Bonchev–Trinajstić information content (AvgIpc) is 2.82. The lowest BCUT2D eigenvalue weighted by molar-refractivity contribution is 0.0950. The van der Waals surface area contributed by atoms with Crippen LogP contribution in [0.4, 0.5) is 0 Å². The number of nitrogens with one attached hydrogen (secondary N) is 2. The molecule has 0 aromatic heterocycles. The summed E-state index contributed by atoms with van der Waals surface area (Å²) < 4.78 is 0. The van der Waals surface area contributed by atoms with Crippen LogP contribution in [0.25, 0.3) is 0 Å². The zero-order valence-corrected chi connectivity index (χ0v) is 20.1. The predicted octanol–water partition coefficient (Wildman–Crippen LogP) is 4.11. The maximum absolute atomic E-state index is 12.7. The Morgan fingerprint density at radius 3 is 2.53 bits per heavy atom. The molecule has 0 heterocycles. The normalized spacial score (nSPS) is 12.4. The zero-order valence-electron chi connectivity index (χ0n) is 19.4. The van der Waals surface area contributed by atoms with E-state index in [4.69, 9.17) is 11.6 Å². The molecule has 0 aliphatic rings. The van der Waals surface area contributed by atoms with Gasteiger partial charge in [-0.2, -0.15) is 0 Å². The minimum Gasteiger partial charge on any atom is -0.508 e. The van der Waals surface area contributed by atoms with Crippen LogP contribution in [0, 0.1) is 0 Å². The minimum atomic E-state index is -0.799. The maximum atomic E-state index is 12.7. The molecule has 0 saturated heterocycles. The van der Waals surface area contributed by atoms with E-state index in [1.807, 2.05) is 50.2 Å². The van der Waals surface area contributed by atoms with E-state index in [2.05, 4.69) is 10.6 Å². The van der Waals surface area contributed by atoms with Crippen molar-refractivity contribution in [2.75, 3.05) is 6.54 Å². The highest BCUT2D eigenvalue weighted by Crippen LogP contribution is 2.23. The van der Waals surface area contributed by atoms with E-state index >= 15 is 0 Å². The fourth-order valence-electron chi connectivity index (χ4n) is 3.74. The monoisotopic (exact) mass is 482 g/mol. The fourth-order valence-corrected chi connectivity index (χ4v) is 3.95. The van der Waals surface area contributed by atoms with Gasteiger partial charge in [0.1, 0.15) is 5.75 Å². The number of aliphatic hydroxyl groups excluding tert-OH is 2. The van der Waals surface area contributed by atoms with Crippen molar-refractivity contribution in [1.29, 1.82) is 0 Å². The third-order valence-electron chi connectivity index (χ3n) is 5.67. The molecular formula is C27H31ClN2O4. The summed E-state index contributed by atoms with van der Waals surface area (Å²) in [6, 6.07) is 19.6. The molecule has 0 aliphatic heterocycles. The molecule has 7 heteroatoms. The molecule has 3 rings (SSSR count). The Kier molecular flexibility index (Phi) is 8.69. The summed E-state index contributed by atoms with van der Waals surface area (Å²) in [6.45, 7) is 4.40. The summed E-state index contributed by atoms with van der Waals surface area (Å²) in [6.07, 6.45) is -0.157. The Morgan fingerprint density at radius 1 is 1.03 bits per heavy atom. The number of aromatic hydroxyl groups is 1. The van der Waals surface area contributed by atoms with Gasteiger partial charge in [0.25, 0.3) is 5.91 Å². The van der Waals surface area contributed by atoms with Gasteiger partial charge in [-0.3, -0.25) is 4.79 Å². The van der Waals surface area contributed by atoms with E-state index < -0.39 is 6.10 Å². The number of hydrogen-bond donors (Lipinski definition) is 5. The van der Waals surface area contributed by atoms with Gasteiger partial charge in [-0.05, 0) is 67.3 Å². The first kappa shape index (κ1) is 25.7. The number of hydrogen-bond acceptors (Lipinski definition) is 5. The first-order chi connectivity index (χ1) is 16.2. The van der Waals surface area contributed by atoms with Gasteiger partial charge >= 0.3 is 0 Å². The van der Waals surface area contributed by atoms with E-state index in [0.29, 0.717) is 41.2 Å². The molecule has 6 nitrogen and oxygen atoms in total. The average molecular weight is 483 g/mol. The van der Waals surface area contributed by atoms with Gasteiger partial charge in [0, 0.05) is 34.8 Å². The summed E-state index contributed by atoms with van der Waals surface area (Å²) in [4.78, 5) is 12.7. The van der Waals surface area contributed by atoms with Crippen molar-refractivity contribution in [3.05, 3.63) is 99.6 Å². The Balaban J connectivity index is 1.58. The minimum absolute atomic E-state index is 0.00234.